The number of fused-ring (bicyclic) bond motifs is 1. The Morgan fingerprint density at radius 1 is 1.06 bits per heavy atom. The summed E-state index contributed by atoms with van der Waals surface area (Å²) in [5.74, 6) is -0.102. The van der Waals surface area contributed by atoms with E-state index in [0.29, 0.717) is 12.5 Å². The molecule has 6 nitrogen and oxygen atoms in total. The highest BCUT2D eigenvalue weighted by molar-refractivity contribution is 7.89. The van der Waals surface area contributed by atoms with Crippen LogP contribution in [0.15, 0.2) is 53.6 Å². The Labute approximate surface area is 194 Å². The van der Waals surface area contributed by atoms with E-state index in [9.17, 15) is 26.4 Å². The number of H-pyrrole nitrogens is 1. The summed E-state index contributed by atoms with van der Waals surface area (Å²) in [6, 6.07) is 10.0. The molecule has 0 atom stereocenters. The molecule has 176 valence electrons. The molecule has 1 N–H and O–H groups in total. The first kappa shape index (κ1) is 23.6. The molecule has 33 heavy (non-hydrogen) atoms. The molecular formula is C22H21ClF3N3O3S. The SMILES string of the molecule is O=C(CCc1c[nH]c2ccccc12)N1CCN(S(=O)(=O)c2cc(C(F)(F)F)ccc2Cl)CC1. The first-order valence-corrected chi connectivity index (χ1v) is 12.1. The van der Waals surface area contributed by atoms with Crippen LogP contribution in [-0.4, -0.2) is 54.7 Å². The first-order chi connectivity index (χ1) is 15.6. The minimum atomic E-state index is -4.69. The molecule has 0 aliphatic carbocycles. The number of aromatic amines is 1. The number of alkyl halides is 3. The molecule has 1 aliphatic heterocycles. The van der Waals surface area contributed by atoms with Gasteiger partial charge in [-0.15, -0.1) is 0 Å². The van der Waals surface area contributed by atoms with Gasteiger partial charge in [0, 0.05) is 49.7 Å². The average molecular weight is 500 g/mol. The highest BCUT2D eigenvalue weighted by Crippen LogP contribution is 2.34. The fourth-order valence-electron chi connectivity index (χ4n) is 3.93. The Hall–Kier alpha value is -2.56. The van der Waals surface area contributed by atoms with Crippen molar-refractivity contribution in [3.05, 3.63) is 64.8 Å². The van der Waals surface area contributed by atoms with Crippen LogP contribution in [0.1, 0.15) is 17.5 Å². The van der Waals surface area contributed by atoms with Crippen LogP contribution in [-0.2, 0) is 27.4 Å². The van der Waals surface area contributed by atoms with Crippen molar-refractivity contribution >= 4 is 38.4 Å². The van der Waals surface area contributed by atoms with Crippen molar-refractivity contribution < 1.29 is 26.4 Å². The number of sulfonamides is 1. The van der Waals surface area contributed by atoms with E-state index < -0.39 is 26.7 Å². The third-order valence-electron chi connectivity index (χ3n) is 5.75. The van der Waals surface area contributed by atoms with Crippen molar-refractivity contribution in [1.82, 2.24) is 14.2 Å². The van der Waals surface area contributed by atoms with E-state index >= 15 is 0 Å². The lowest BCUT2D eigenvalue weighted by atomic mass is 10.1. The van der Waals surface area contributed by atoms with E-state index in [1.165, 1.54) is 0 Å². The number of carbonyl (C=O) groups is 1. The molecule has 1 amide bonds. The number of hydrogen-bond acceptors (Lipinski definition) is 3. The number of rotatable bonds is 5. The summed E-state index contributed by atoms with van der Waals surface area (Å²) in [6.07, 6.45) is -2.00. The van der Waals surface area contributed by atoms with Crippen molar-refractivity contribution in [3.8, 4) is 0 Å². The van der Waals surface area contributed by atoms with Gasteiger partial charge in [0.2, 0.25) is 15.9 Å². The Bertz CT molecular complexity index is 1280. The summed E-state index contributed by atoms with van der Waals surface area (Å²) < 4.78 is 66.0. The maximum Gasteiger partial charge on any atom is 0.416 e. The molecule has 0 spiro atoms. The second kappa shape index (κ2) is 9.00. The van der Waals surface area contributed by atoms with Gasteiger partial charge in [0.05, 0.1) is 10.6 Å². The van der Waals surface area contributed by atoms with Gasteiger partial charge in [0.1, 0.15) is 4.90 Å². The summed E-state index contributed by atoms with van der Waals surface area (Å²) in [7, 11) is -4.24. The topological polar surface area (TPSA) is 73.5 Å². The normalized spacial score (nSPS) is 15.8. The number of carbonyl (C=O) groups excluding carboxylic acids is 1. The van der Waals surface area contributed by atoms with E-state index in [1.54, 1.807) is 4.90 Å². The highest BCUT2D eigenvalue weighted by Gasteiger charge is 2.35. The zero-order valence-corrected chi connectivity index (χ0v) is 19.0. The maximum atomic E-state index is 13.0. The Kier molecular flexibility index (Phi) is 6.43. The molecule has 0 saturated carbocycles. The number of hydrogen-bond donors (Lipinski definition) is 1. The number of nitrogens with zero attached hydrogens (tertiary/aromatic N) is 2. The highest BCUT2D eigenvalue weighted by atomic mass is 35.5. The van der Waals surface area contributed by atoms with Crippen LogP contribution < -0.4 is 0 Å². The number of aryl methyl sites for hydroxylation is 1. The van der Waals surface area contributed by atoms with Crippen molar-refractivity contribution in [2.75, 3.05) is 26.2 Å². The minimum Gasteiger partial charge on any atom is -0.361 e. The summed E-state index contributed by atoms with van der Waals surface area (Å²) >= 11 is 5.92. The number of nitrogens with one attached hydrogen (secondary N) is 1. The quantitative estimate of drug-likeness (QED) is 0.568. The van der Waals surface area contributed by atoms with Crippen LogP contribution >= 0.6 is 11.6 Å². The zero-order valence-electron chi connectivity index (χ0n) is 17.4. The molecule has 0 radical (unpaired) electrons. The fraction of sp³-hybridized carbons (Fsp3) is 0.318. The first-order valence-electron chi connectivity index (χ1n) is 10.3. The van der Waals surface area contributed by atoms with Crippen LogP contribution in [0.3, 0.4) is 0 Å². The number of benzene rings is 2. The van der Waals surface area contributed by atoms with Gasteiger partial charge < -0.3 is 9.88 Å². The average Bonchev–Trinajstić information content (AvgIpc) is 3.20. The van der Waals surface area contributed by atoms with Crippen LogP contribution in [0.5, 0.6) is 0 Å². The lowest BCUT2D eigenvalue weighted by molar-refractivity contribution is -0.137. The smallest absolute Gasteiger partial charge is 0.361 e. The van der Waals surface area contributed by atoms with Crippen LogP contribution in [0.2, 0.25) is 5.02 Å². The van der Waals surface area contributed by atoms with Crippen LogP contribution in [0.4, 0.5) is 13.2 Å². The molecule has 4 rings (SSSR count). The third kappa shape index (κ3) is 4.87. The van der Waals surface area contributed by atoms with Crippen molar-refractivity contribution in [2.45, 2.75) is 23.9 Å². The minimum absolute atomic E-state index is 0.0201. The van der Waals surface area contributed by atoms with Gasteiger partial charge in [-0.1, -0.05) is 29.8 Å². The van der Waals surface area contributed by atoms with E-state index in [-0.39, 0.29) is 43.5 Å². The molecule has 1 aliphatic rings. The summed E-state index contributed by atoms with van der Waals surface area (Å²) in [5, 5.41) is 0.777. The van der Waals surface area contributed by atoms with E-state index in [4.69, 9.17) is 11.6 Å². The largest absolute Gasteiger partial charge is 0.416 e. The molecule has 2 aromatic carbocycles. The maximum absolute atomic E-state index is 13.0. The number of aromatic nitrogens is 1. The molecule has 0 bridgehead atoms. The van der Waals surface area contributed by atoms with Gasteiger partial charge >= 0.3 is 6.18 Å². The Morgan fingerprint density at radius 3 is 2.45 bits per heavy atom. The molecule has 2 heterocycles. The number of amides is 1. The van der Waals surface area contributed by atoms with Crippen LogP contribution in [0, 0.1) is 0 Å². The molecule has 0 unspecified atom stereocenters. The number of halogens is 4. The van der Waals surface area contributed by atoms with E-state index in [0.717, 1.165) is 32.9 Å². The van der Waals surface area contributed by atoms with Crippen LogP contribution in [0.25, 0.3) is 10.9 Å². The molecule has 3 aromatic rings. The zero-order chi connectivity index (χ0) is 23.8. The van der Waals surface area contributed by atoms with Gasteiger partial charge in [0.25, 0.3) is 0 Å². The molecule has 1 aromatic heterocycles. The van der Waals surface area contributed by atoms with Gasteiger partial charge in [-0.05, 0) is 36.2 Å². The lowest BCUT2D eigenvalue weighted by Crippen LogP contribution is -2.50. The predicted molar refractivity (Wildman–Crippen MR) is 118 cm³/mol. The summed E-state index contributed by atoms with van der Waals surface area (Å²) in [4.78, 5) is 16.8. The monoisotopic (exact) mass is 499 g/mol. The van der Waals surface area contributed by atoms with Gasteiger partial charge in [-0.3, -0.25) is 4.79 Å². The van der Waals surface area contributed by atoms with E-state index in [2.05, 4.69) is 4.98 Å². The number of piperazine rings is 1. The third-order valence-corrected chi connectivity index (χ3v) is 8.13. The van der Waals surface area contributed by atoms with Crippen molar-refractivity contribution in [1.29, 1.82) is 0 Å². The summed E-state index contributed by atoms with van der Waals surface area (Å²) in [6.45, 7) is 0.270. The lowest BCUT2D eigenvalue weighted by Gasteiger charge is -2.34. The second-order valence-corrected chi connectivity index (χ2v) is 10.1. The van der Waals surface area contributed by atoms with Gasteiger partial charge in [-0.25, -0.2) is 8.42 Å². The molecule has 1 saturated heterocycles. The van der Waals surface area contributed by atoms with E-state index in [1.807, 2.05) is 30.5 Å². The predicted octanol–water partition coefficient (Wildman–Crippen LogP) is 4.31. The summed E-state index contributed by atoms with van der Waals surface area (Å²) in [5.41, 5.74) is 0.933. The standard InChI is InChI=1S/C22H21ClF3N3O3S/c23-18-7-6-16(22(24,25)26)13-20(18)33(31,32)29-11-9-28(10-12-29)21(30)8-5-15-14-27-19-4-2-1-3-17(15)19/h1-4,6-7,13-14,27H,5,8-12H2. The van der Waals surface area contributed by atoms with Gasteiger partial charge in [0.15, 0.2) is 0 Å². The molecule has 11 heteroatoms. The number of para-hydroxylation sites is 1. The Morgan fingerprint density at radius 2 is 1.76 bits per heavy atom. The fourth-order valence-corrected chi connectivity index (χ4v) is 5.86. The van der Waals surface area contributed by atoms with Crippen molar-refractivity contribution in [2.24, 2.45) is 0 Å². The Balaban J connectivity index is 1.39. The van der Waals surface area contributed by atoms with Crippen molar-refractivity contribution in [3.63, 3.8) is 0 Å². The van der Waals surface area contributed by atoms with Gasteiger partial charge in [-0.2, -0.15) is 17.5 Å². The molecular weight excluding hydrogens is 479 g/mol. The molecule has 1 fully saturated rings. The second-order valence-electron chi connectivity index (χ2n) is 7.79.